The number of halogens is 2. The molecule has 0 radical (unpaired) electrons. The lowest BCUT2D eigenvalue weighted by atomic mass is 10.1. The number of nitrogens with one attached hydrogen (secondary N) is 2. The molecule has 0 fully saturated rings. The summed E-state index contributed by atoms with van der Waals surface area (Å²) >= 11 is 0. The summed E-state index contributed by atoms with van der Waals surface area (Å²) in [5.41, 5.74) is 1.60. The van der Waals surface area contributed by atoms with Gasteiger partial charge in [-0.05, 0) is 31.0 Å². The molecule has 2 aromatic rings. The van der Waals surface area contributed by atoms with Crippen LogP contribution in [0, 0.1) is 12.7 Å². The van der Waals surface area contributed by atoms with Crippen molar-refractivity contribution in [2.45, 2.75) is 26.9 Å². The highest BCUT2D eigenvalue weighted by Gasteiger charge is 2.03. The first-order chi connectivity index (χ1) is 10.6. The lowest BCUT2D eigenvalue weighted by molar-refractivity contribution is 0.617. The van der Waals surface area contributed by atoms with Crippen LogP contribution < -0.4 is 10.6 Å². The van der Waals surface area contributed by atoms with E-state index in [0.717, 1.165) is 17.9 Å². The van der Waals surface area contributed by atoms with Gasteiger partial charge in [-0.25, -0.2) is 14.4 Å². The Morgan fingerprint density at radius 1 is 1.35 bits per heavy atom. The van der Waals surface area contributed by atoms with Gasteiger partial charge in [-0.1, -0.05) is 12.1 Å². The largest absolute Gasteiger partial charge is 0.357 e. The van der Waals surface area contributed by atoms with Crippen LogP contribution >= 0.6 is 24.0 Å². The number of hydrogen-bond acceptors (Lipinski definition) is 3. The number of aromatic nitrogens is 3. The summed E-state index contributed by atoms with van der Waals surface area (Å²) in [6.45, 7) is 5.52. The molecule has 126 valence electrons. The van der Waals surface area contributed by atoms with Crippen molar-refractivity contribution < 1.29 is 4.39 Å². The fraction of sp³-hybridized carbons (Fsp3) is 0.400. The normalized spacial score (nSPS) is 11.0. The van der Waals surface area contributed by atoms with Gasteiger partial charge in [0, 0.05) is 13.6 Å². The molecule has 0 aliphatic rings. The highest BCUT2D eigenvalue weighted by Crippen LogP contribution is 2.10. The van der Waals surface area contributed by atoms with Crippen LogP contribution in [0.3, 0.4) is 0 Å². The molecule has 0 bridgehead atoms. The smallest absolute Gasteiger partial charge is 0.191 e. The average Bonchev–Trinajstić information content (AvgIpc) is 2.91. The van der Waals surface area contributed by atoms with Crippen LogP contribution in [0.2, 0.25) is 0 Å². The van der Waals surface area contributed by atoms with Crippen molar-refractivity contribution in [1.82, 2.24) is 25.4 Å². The van der Waals surface area contributed by atoms with Gasteiger partial charge in [0.15, 0.2) is 5.96 Å². The second-order valence-electron chi connectivity index (χ2n) is 4.93. The Kier molecular flexibility index (Phi) is 7.93. The van der Waals surface area contributed by atoms with E-state index in [1.54, 1.807) is 17.7 Å². The molecule has 0 saturated heterocycles. The molecule has 1 heterocycles. The molecule has 0 amide bonds. The summed E-state index contributed by atoms with van der Waals surface area (Å²) in [4.78, 5) is 8.65. The first-order valence-electron chi connectivity index (χ1n) is 7.20. The number of rotatable bonds is 5. The highest BCUT2D eigenvalue weighted by atomic mass is 127. The molecule has 0 spiro atoms. The maximum atomic E-state index is 13.3. The Labute approximate surface area is 152 Å². The van der Waals surface area contributed by atoms with Crippen molar-refractivity contribution in [3.8, 4) is 0 Å². The minimum atomic E-state index is -0.194. The van der Waals surface area contributed by atoms with E-state index in [1.807, 2.05) is 20.0 Å². The van der Waals surface area contributed by atoms with E-state index in [-0.39, 0.29) is 29.8 Å². The molecular formula is C15H22FIN6. The summed E-state index contributed by atoms with van der Waals surface area (Å²) < 4.78 is 15.0. The van der Waals surface area contributed by atoms with E-state index in [9.17, 15) is 4.39 Å². The fourth-order valence-electron chi connectivity index (χ4n) is 1.96. The number of aryl methyl sites for hydroxylation is 2. The van der Waals surface area contributed by atoms with E-state index >= 15 is 0 Å². The van der Waals surface area contributed by atoms with Crippen molar-refractivity contribution in [2.75, 3.05) is 6.54 Å². The monoisotopic (exact) mass is 432 g/mol. The number of aliphatic imine (C=N–C) groups is 1. The van der Waals surface area contributed by atoms with Crippen molar-refractivity contribution in [1.29, 1.82) is 0 Å². The first kappa shape index (κ1) is 19.3. The van der Waals surface area contributed by atoms with Crippen molar-refractivity contribution in [3.63, 3.8) is 0 Å². The van der Waals surface area contributed by atoms with Gasteiger partial charge in [-0.3, -0.25) is 4.68 Å². The van der Waals surface area contributed by atoms with E-state index in [1.165, 1.54) is 12.4 Å². The SMILES string of the molecule is CCNC(=NCc1ccc(F)c(C)c1)NCc1ncnn1C.I. The Bertz CT molecular complexity index is 655. The van der Waals surface area contributed by atoms with Crippen LogP contribution in [0.1, 0.15) is 23.9 Å². The van der Waals surface area contributed by atoms with Crippen molar-refractivity contribution in [2.24, 2.45) is 12.0 Å². The van der Waals surface area contributed by atoms with Crippen LogP contribution in [0.5, 0.6) is 0 Å². The van der Waals surface area contributed by atoms with Gasteiger partial charge in [0.05, 0.1) is 13.1 Å². The minimum Gasteiger partial charge on any atom is -0.357 e. The molecular weight excluding hydrogens is 410 g/mol. The molecule has 2 N–H and O–H groups in total. The predicted molar refractivity (Wildman–Crippen MR) is 99.2 cm³/mol. The standard InChI is InChI=1S/C15H21FN6.HI/c1-4-17-15(19-9-14-20-10-21-22(14)3)18-8-12-5-6-13(16)11(2)7-12;/h5-7,10H,4,8-9H2,1-3H3,(H2,17,18,19);1H. The Balaban J connectivity index is 0.00000264. The fourth-order valence-corrected chi connectivity index (χ4v) is 1.96. The highest BCUT2D eigenvalue weighted by molar-refractivity contribution is 14.0. The predicted octanol–water partition coefficient (Wildman–Crippen LogP) is 2.14. The molecule has 1 aromatic carbocycles. The Hall–Kier alpha value is -1.71. The van der Waals surface area contributed by atoms with E-state index in [0.29, 0.717) is 24.6 Å². The number of hydrogen-bond donors (Lipinski definition) is 2. The molecule has 0 saturated carbocycles. The molecule has 8 heteroatoms. The average molecular weight is 432 g/mol. The third-order valence-corrected chi connectivity index (χ3v) is 3.21. The lowest BCUT2D eigenvalue weighted by Gasteiger charge is -2.11. The summed E-state index contributed by atoms with van der Waals surface area (Å²) in [6.07, 6.45) is 1.52. The van der Waals surface area contributed by atoms with Gasteiger partial charge in [0.25, 0.3) is 0 Å². The number of benzene rings is 1. The summed E-state index contributed by atoms with van der Waals surface area (Å²) in [7, 11) is 1.84. The van der Waals surface area contributed by atoms with Crippen LogP contribution in [0.4, 0.5) is 4.39 Å². The minimum absolute atomic E-state index is 0. The van der Waals surface area contributed by atoms with Crippen molar-refractivity contribution in [3.05, 3.63) is 47.3 Å². The topological polar surface area (TPSA) is 67.1 Å². The Morgan fingerprint density at radius 3 is 2.74 bits per heavy atom. The third kappa shape index (κ3) is 5.77. The van der Waals surface area contributed by atoms with Gasteiger partial charge >= 0.3 is 0 Å². The molecule has 0 aliphatic heterocycles. The van der Waals surface area contributed by atoms with E-state index < -0.39 is 0 Å². The molecule has 6 nitrogen and oxygen atoms in total. The zero-order valence-electron chi connectivity index (χ0n) is 13.5. The van der Waals surface area contributed by atoms with Gasteiger partial charge in [-0.15, -0.1) is 24.0 Å². The van der Waals surface area contributed by atoms with Gasteiger partial charge in [-0.2, -0.15) is 5.10 Å². The van der Waals surface area contributed by atoms with Gasteiger partial charge in [0.2, 0.25) is 0 Å². The zero-order valence-corrected chi connectivity index (χ0v) is 15.8. The van der Waals surface area contributed by atoms with Crippen LogP contribution in [-0.4, -0.2) is 27.3 Å². The maximum Gasteiger partial charge on any atom is 0.191 e. The van der Waals surface area contributed by atoms with Gasteiger partial charge in [0.1, 0.15) is 18.0 Å². The second kappa shape index (κ2) is 9.43. The second-order valence-corrected chi connectivity index (χ2v) is 4.93. The third-order valence-electron chi connectivity index (χ3n) is 3.21. The molecule has 0 unspecified atom stereocenters. The lowest BCUT2D eigenvalue weighted by Crippen LogP contribution is -2.37. The number of guanidine groups is 1. The van der Waals surface area contributed by atoms with Crippen LogP contribution in [-0.2, 0) is 20.1 Å². The molecule has 2 rings (SSSR count). The molecule has 0 aliphatic carbocycles. The van der Waals surface area contributed by atoms with E-state index in [4.69, 9.17) is 0 Å². The maximum absolute atomic E-state index is 13.3. The summed E-state index contributed by atoms with van der Waals surface area (Å²) in [6, 6.07) is 5.03. The molecule has 1 aromatic heterocycles. The Morgan fingerprint density at radius 2 is 2.13 bits per heavy atom. The van der Waals surface area contributed by atoms with Crippen LogP contribution in [0.15, 0.2) is 29.5 Å². The van der Waals surface area contributed by atoms with E-state index in [2.05, 4.69) is 25.7 Å². The number of nitrogens with zero attached hydrogens (tertiary/aromatic N) is 4. The first-order valence-corrected chi connectivity index (χ1v) is 7.20. The van der Waals surface area contributed by atoms with Crippen molar-refractivity contribution >= 4 is 29.9 Å². The summed E-state index contributed by atoms with van der Waals surface area (Å²) in [5, 5.41) is 10.4. The molecule has 23 heavy (non-hydrogen) atoms. The summed E-state index contributed by atoms with van der Waals surface area (Å²) in [5.74, 6) is 1.32. The quantitative estimate of drug-likeness (QED) is 0.432. The molecule has 0 atom stereocenters. The van der Waals surface area contributed by atoms with Gasteiger partial charge < -0.3 is 10.6 Å². The van der Waals surface area contributed by atoms with Crippen LogP contribution in [0.25, 0.3) is 0 Å². The zero-order chi connectivity index (χ0) is 15.9.